The molecule has 0 spiro atoms. The number of benzene rings is 1. The Morgan fingerprint density at radius 1 is 1.21 bits per heavy atom. The average molecular weight is 252 g/mol. The van der Waals surface area contributed by atoms with Crippen LogP contribution in [0.25, 0.3) is 0 Å². The molecular formula is C10H9Cl3O. The van der Waals surface area contributed by atoms with Crippen LogP contribution in [0.2, 0.25) is 10.0 Å². The molecule has 0 amide bonds. The van der Waals surface area contributed by atoms with Gasteiger partial charge in [-0.15, -0.1) is 11.6 Å². The summed E-state index contributed by atoms with van der Waals surface area (Å²) in [7, 11) is 0. The minimum atomic E-state index is 0.188. The second-order valence-corrected chi connectivity index (χ2v) is 4.76. The maximum atomic E-state index is 5.96. The van der Waals surface area contributed by atoms with Crippen molar-refractivity contribution in [2.45, 2.75) is 24.3 Å². The Kier molecular flexibility index (Phi) is 3.10. The highest BCUT2D eigenvalue weighted by atomic mass is 35.5. The van der Waals surface area contributed by atoms with E-state index < -0.39 is 0 Å². The van der Waals surface area contributed by atoms with Crippen LogP contribution in [0, 0.1) is 0 Å². The molecule has 76 valence electrons. The molecule has 1 saturated carbocycles. The summed E-state index contributed by atoms with van der Waals surface area (Å²) in [4.78, 5) is 0. The quantitative estimate of drug-likeness (QED) is 0.718. The number of hydrogen-bond acceptors (Lipinski definition) is 1. The van der Waals surface area contributed by atoms with Crippen LogP contribution in [0.15, 0.2) is 18.2 Å². The molecule has 1 nitrogen and oxygen atoms in total. The van der Waals surface area contributed by atoms with Crippen LogP contribution < -0.4 is 4.74 Å². The van der Waals surface area contributed by atoms with Gasteiger partial charge in [0.2, 0.25) is 0 Å². The second kappa shape index (κ2) is 4.18. The van der Waals surface area contributed by atoms with Crippen LogP contribution in [0.5, 0.6) is 5.75 Å². The van der Waals surface area contributed by atoms with Gasteiger partial charge in [0.05, 0.1) is 5.02 Å². The first kappa shape index (κ1) is 10.4. The monoisotopic (exact) mass is 250 g/mol. The lowest BCUT2D eigenvalue weighted by molar-refractivity contribution is 0.124. The van der Waals surface area contributed by atoms with Gasteiger partial charge in [0.25, 0.3) is 0 Å². The summed E-state index contributed by atoms with van der Waals surface area (Å²) >= 11 is 17.7. The molecule has 0 unspecified atom stereocenters. The summed E-state index contributed by atoms with van der Waals surface area (Å²) in [5.74, 6) is 0.646. The zero-order chi connectivity index (χ0) is 10.1. The predicted molar refractivity (Wildman–Crippen MR) is 59.8 cm³/mol. The molecule has 0 aromatic heterocycles. The van der Waals surface area contributed by atoms with E-state index in [2.05, 4.69) is 0 Å². The van der Waals surface area contributed by atoms with E-state index in [1.807, 2.05) is 12.1 Å². The lowest BCUT2D eigenvalue weighted by atomic mass is 9.95. The van der Waals surface area contributed by atoms with E-state index >= 15 is 0 Å². The van der Waals surface area contributed by atoms with Gasteiger partial charge in [-0.3, -0.25) is 0 Å². The highest BCUT2D eigenvalue weighted by Gasteiger charge is 2.29. The van der Waals surface area contributed by atoms with Gasteiger partial charge in [0, 0.05) is 18.2 Å². The van der Waals surface area contributed by atoms with Crippen LogP contribution in [-0.4, -0.2) is 11.5 Å². The first-order valence-electron chi connectivity index (χ1n) is 4.41. The van der Waals surface area contributed by atoms with Crippen LogP contribution >= 0.6 is 34.8 Å². The highest BCUT2D eigenvalue weighted by molar-refractivity contribution is 6.42. The minimum Gasteiger partial charge on any atom is -0.489 e. The van der Waals surface area contributed by atoms with Gasteiger partial charge >= 0.3 is 0 Å². The molecule has 0 atom stereocenters. The van der Waals surface area contributed by atoms with Crippen LogP contribution in [0.1, 0.15) is 12.8 Å². The van der Waals surface area contributed by atoms with E-state index in [4.69, 9.17) is 39.5 Å². The fourth-order valence-electron chi connectivity index (χ4n) is 1.35. The normalized spacial score (nSPS) is 25.6. The molecule has 0 radical (unpaired) electrons. The van der Waals surface area contributed by atoms with Crippen molar-refractivity contribution in [3.63, 3.8) is 0 Å². The van der Waals surface area contributed by atoms with Gasteiger partial charge in [-0.2, -0.15) is 0 Å². The molecule has 0 aliphatic heterocycles. The van der Waals surface area contributed by atoms with Crippen molar-refractivity contribution in [1.29, 1.82) is 0 Å². The van der Waals surface area contributed by atoms with E-state index in [9.17, 15) is 0 Å². The van der Waals surface area contributed by atoms with E-state index in [1.54, 1.807) is 6.07 Å². The molecule has 1 aromatic rings. The van der Waals surface area contributed by atoms with Gasteiger partial charge in [-0.05, 0) is 12.1 Å². The first-order chi connectivity index (χ1) is 6.66. The third-order valence-electron chi connectivity index (χ3n) is 2.25. The van der Waals surface area contributed by atoms with Crippen LogP contribution in [0.4, 0.5) is 0 Å². The van der Waals surface area contributed by atoms with Crippen LogP contribution in [0.3, 0.4) is 0 Å². The number of ether oxygens (including phenoxy) is 1. The van der Waals surface area contributed by atoms with E-state index in [-0.39, 0.29) is 11.5 Å². The predicted octanol–water partition coefficient (Wildman–Crippen LogP) is 4.14. The third kappa shape index (κ3) is 2.10. The Morgan fingerprint density at radius 2 is 1.93 bits per heavy atom. The van der Waals surface area contributed by atoms with E-state index in [0.29, 0.717) is 15.8 Å². The number of hydrogen-bond donors (Lipinski definition) is 0. The summed E-state index contributed by atoms with van der Waals surface area (Å²) in [5, 5.41) is 1.25. The van der Waals surface area contributed by atoms with Crippen LogP contribution in [-0.2, 0) is 0 Å². The molecule has 0 N–H and O–H groups in total. The summed E-state index contributed by atoms with van der Waals surface area (Å²) < 4.78 is 5.63. The smallest absolute Gasteiger partial charge is 0.139 e. The van der Waals surface area contributed by atoms with Crippen molar-refractivity contribution >= 4 is 34.8 Å². The Hall–Kier alpha value is -0.110. The van der Waals surface area contributed by atoms with Gasteiger partial charge in [0.15, 0.2) is 0 Å². The fourth-order valence-corrected chi connectivity index (χ4v) is 2.09. The van der Waals surface area contributed by atoms with Crippen molar-refractivity contribution in [2.24, 2.45) is 0 Å². The lowest BCUT2D eigenvalue weighted by Gasteiger charge is -2.31. The Morgan fingerprint density at radius 3 is 2.57 bits per heavy atom. The summed E-state index contributed by atoms with van der Waals surface area (Å²) in [5.41, 5.74) is 0. The zero-order valence-electron chi connectivity index (χ0n) is 7.34. The Labute approximate surface area is 97.9 Å². The van der Waals surface area contributed by atoms with E-state index in [0.717, 1.165) is 12.8 Å². The molecule has 1 aromatic carbocycles. The van der Waals surface area contributed by atoms with Gasteiger partial charge in [-0.1, -0.05) is 29.3 Å². The average Bonchev–Trinajstić information content (AvgIpc) is 2.10. The molecule has 1 aliphatic rings. The highest BCUT2D eigenvalue weighted by Crippen LogP contribution is 2.36. The molecule has 0 saturated heterocycles. The molecular weight excluding hydrogens is 242 g/mol. The maximum absolute atomic E-state index is 5.96. The maximum Gasteiger partial charge on any atom is 0.139 e. The minimum absolute atomic E-state index is 0.188. The Bertz CT molecular complexity index is 334. The third-order valence-corrected chi connectivity index (χ3v) is 3.41. The topological polar surface area (TPSA) is 9.23 Å². The number of alkyl halides is 1. The van der Waals surface area contributed by atoms with E-state index in [1.165, 1.54) is 0 Å². The zero-order valence-corrected chi connectivity index (χ0v) is 9.61. The lowest BCUT2D eigenvalue weighted by Crippen LogP contribution is -2.34. The molecule has 2 rings (SSSR count). The second-order valence-electron chi connectivity index (χ2n) is 3.36. The molecule has 1 aliphatic carbocycles. The van der Waals surface area contributed by atoms with Crippen molar-refractivity contribution in [3.05, 3.63) is 28.2 Å². The Balaban J connectivity index is 2.06. The molecule has 14 heavy (non-hydrogen) atoms. The number of halogens is 3. The number of rotatable bonds is 2. The molecule has 0 bridgehead atoms. The summed E-state index contributed by atoms with van der Waals surface area (Å²) in [6.07, 6.45) is 1.95. The van der Waals surface area contributed by atoms with Gasteiger partial charge < -0.3 is 4.74 Å². The fraction of sp³-hybridized carbons (Fsp3) is 0.400. The van der Waals surface area contributed by atoms with Crippen molar-refractivity contribution in [1.82, 2.24) is 0 Å². The SMILES string of the molecule is Clc1cccc(OC2CC(Cl)C2)c1Cl. The molecule has 1 fully saturated rings. The van der Waals surface area contributed by atoms with Crippen molar-refractivity contribution < 1.29 is 4.74 Å². The van der Waals surface area contributed by atoms with Crippen molar-refractivity contribution in [3.8, 4) is 5.75 Å². The summed E-state index contributed by atoms with van der Waals surface area (Å²) in [6, 6.07) is 5.37. The standard InChI is InChI=1S/C10H9Cl3O/c11-6-4-7(5-6)14-9-3-1-2-8(12)10(9)13/h1-3,6-7H,4-5H2. The van der Waals surface area contributed by atoms with Crippen molar-refractivity contribution in [2.75, 3.05) is 0 Å². The summed E-state index contributed by atoms with van der Waals surface area (Å²) in [6.45, 7) is 0. The molecule has 4 heteroatoms. The largest absolute Gasteiger partial charge is 0.489 e. The molecule has 0 heterocycles. The first-order valence-corrected chi connectivity index (χ1v) is 5.61. The van der Waals surface area contributed by atoms with Gasteiger partial charge in [-0.25, -0.2) is 0 Å². The van der Waals surface area contributed by atoms with Gasteiger partial charge in [0.1, 0.15) is 16.9 Å².